The number of rotatable bonds is 40. The van der Waals surface area contributed by atoms with Crippen molar-refractivity contribution in [2.75, 3.05) is 106 Å². The van der Waals surface area contributed by atoms with Crippen LogP contribution in [-0.4, -0.2) is 126 Å². The molecule has 0 spiro atoms. The number of benzene rings is 4. The molecule has 0 aliphatic carbocycles. The molecule has 0 aliphatic heterocycles. The molecule has 0 amide bonds. The van der Waals surface area contributed by atoms with Crippen LogP contribution in [0.4, 0.5) is 0 Å². The van der Waals surface area contributed by atoms with Gasteiger partial charge in [-0.1, -0.05) is 62.1 Å². The lowest BCUT2D eigenvalue weighted by atomic mass is 9.91. The van der Waals surface area contributed by atoms with Crippen molar-refractivity contribution in [1.82, 2.24) is 0 Å². The number of aliphatic hydroxyl groups excluding tert-OH is 4. The molecule has 0 heterocycles. The lowest BCUT2D eigenvalue weighted by Gasteiger charge is -2.24. The van der Waals surface area contributed by atoms with Crippen LogP contribution in [0, 0.1) is 0 Å². The quantitative estimate of drug-likeness (QED) is 0.0251. The first kappa shape index (κ1) is 49.5. The van der Waals surface area contributed by atoms with Crippen LogP contribution in [0.15, 0.2) is 36.4 Å². The monoisotopic (exact) mass is 843 g/mol. The highest BCUT2D eigenvalue weighted by molar-refractivity contribution is 6.29. The molecular formula is C48H74O12. The molecule has 12 heteroatoms. The highest BCUT2D eigenvalue weighted by Gasteiger charge is 2.26. The van der Waals surface area contributed by atoms with Crippen molar-refractivity contribution in [1.29, 1.82) is 0 Å². The summed E-state index contributed by atoms with van der Waals surface area (Å²) in [5.74, 6) is 3.04. The minimum absolute atomic E-state index is 0.0487. The molecule has 60 heavy (non-hydrogen) atoms. The van der Waals surface area contributed by atoms with Gasteiger partial charge in [0.2, 0.25) is 0 Å². The molecule has 12 nitrogen and oxygen atoms in total. The van der Waals surface area contributed by atoms with Gasteiger partial charge in [-0.3, -0.25) is 0 Å². The van der Waals surface area contributed by atoms with Crippen LogP contribution < -0.4 is 18.9 Å². The largest absolute Gasteiger partial charge is 0.489 e. The van der Waals surface area contributed by atoms with Crippen LogP contribution in [0.1, 0.15) is 103 Å². The standard InChI is InChI=1S/C48H74O12/c49-23-35-53-27-9-1-5-13-31-57-45-39-19-17-21-41-43(39)44-40(46(45)58-32-14-6-2-10-28-54-36-24-50)20-18-22-42(44)48(60-34-16-8-4-12-30-56-38-26-52)47(41)59-33-15-7-3-11-29-55-37-25-51/h17-22,49-52H,1-16,23-38H2. The van der Waals surface area contributed by atoms with E-state index in [0.29, 0.717) is 79.3 Å². The molecule has 0 atom stereocenters. The predicted octanol–water partition coefficient (Wildman–Crippen LogP) is 8.38. The summed E-state index contributed by atoms with van der Waals surface area (Å²) in [6.45, 7) is 6.55. The Hall–Kier alpha value is -3.20. The molecule has 0 saturated heterocycles. The Morgan fingerprint density at radius 3 is 0.700 bits per heavy atom. The molecule has 4 aromatic rings. The fraction of sp³-hybridized carbons (Fsp3) is 0.667. The fourth-order valence-corrected chi connectivity index (χ4v) is 7.46. The van der Waals surface area contributed by atoms with E-state index >= 15 is 0 Å². The van der Waals surface area contributed by atoms with E-state index in [1.165, 1.54) is 0 Å². The first-order valence-corrected chi connectivity index (χ1v) is 22.8. The summed E-state index contributed by atoms with van der Waals surface area (Å²) in [7, 11) is 0. The van der Waals surface area contributed by atoms with Crippen LogP contribution in [-0.2, 0) is 18.9 Å². The normalized spacial score (nSPS) is 11.7. The molecule has 4 aromatic carbocycles. The molecule has 338 valence electrons. The van der Waals surface area contributed by atoms with Crippen LogP contribution in [0.2, 0.25) is 0 Å². The second-order valence-electron chi connectivity index (χ2n) is 15.2. The van der Waals surface area contributed by atoms with Gasteiger partial charge in [-0.05, 0) is 77.0 Å². The second-order valence-corrected chi connectivity index (χ2v) is 15.2. The minimum atomic E-state index is 0.0487. The SMILES string of the molecule is OCCOCCCCCCOc1c(OCCCCCCOCCO)c2cccc3c(OCCCCCCOCCO)c(OCCCCCCOCCO)c4cccc1c4c23. The van der Waals surface area contributed by atoms with Gasteiger partial charge in [0.15, 0.2) is 23.0 Å². The number of hydrogen-bond acceptors (Lipinski definition) is 12. The van der Waals surface area contributed by atoms with E-state index in [4.69, 9.17) is 58.3 Å². The zero-order valence-electron chi connectivity index (χ0n) is 36.1. The smallest absolute Gasteiger partial charge is 0.169 e. The molecule has 0 bridgehead atoms. The van der Waals surface area contributed by atoms with Gasteiger partial charge < -0.3 is 58.3 Å². The van der Waals surface area contributed by atoms with Crippen LogP contribution in [0.3, 0.4) is 0 Å². The number of unbranched alkanes of at least 4 members (excludes halogenated alkanes) is 12. The maximum Gasteiger partial charge on any atom is 0.169 e. The van der Waals surface area contributed by atoms with E-state index in [9.17, 15) is 0 Å². The molecular weight excluding hydrogens is 769 g/mol. The van der Waals surface area contributed by atoms with E-state index in [1.54, 1.807) is 0 Å². The third-order valence-corrected chi connectivity index (χ3v) is 10.4. The second kappa shape index (κ2) is 31.6. The minimum Gasteiger partial charge on any atom is -0.489 e. The molecule has 4 N–H and O–H groups in total. The molecule has 0 saturated carbocycles. The molecule has 0 unspecified atom stereocenters. The summed E-state index contributed by atoms with van der Waals surface area (Å²) in [4.78, 5) is 0. The average molecular weight is 843 g/mol. The number of aliphatic hydroxyl groups is 4. The van der Waals surface area contributed by atoms with Crippen LogP contribution in [0.5, 0.6) is 23.0 Å². The van der Waals surface area contributed by atoms with E-state index in [-0.39, 0.29) is 26.4 Å². The molecule has 4 rings (SSSR count). The number of ether oxygens (including phenoxy) is 8. The topological polar surface area (TPSA) is 155 Å². The summed E-state index contributed by atoms with van der Waals surface area (Å²) in [6, 6.07) is 12.7. The van der Waals surface area contributed by atoms with Gasteiger partial charge in [0.05, 0.1) is 79.3 Å². The van der Waals surface area contributed by atoms with Crippen molar-refractivity contribution in [3.05, 3.63) is 36.4 Å². The Bertz CT molecular complexity index is 1430. The third-order valence-electron chi connectivity index (χ3n) is 10.4. The molecule has 0 radical (unpaired) electrons. The van der Waals surface area contributed by atoms with E-state index < -0.39 is 0 Å². The van der Waals surface area contributed by atoms with E-state index in [2.05, 4.69) is 36.4 Å². The average Bonchev–Trinajstić information content (AvgIpc) is 3.27. The van der Waals surface area contributed by atoms with Crippen molar-refractivity contribution in [3.8, 4) is 23.0 Å². The lowest BCUT2D eigenvalue weighted by Crippen LogP contribution is -2.07. The summed E-state index contributed by atoms with van der Waals surface area (Å²) in [5, 5.41) is 42.1. The first-order chi connectivity index (χ1) is 29.8. The van der Waals surface area contributed by atoms with Crippen LogP contribution in [0.25, 0.3) is 32.3 Å². The summed E-state index contributed by atoms with van der Waals surface area (Å²) < 4.78 is 48.8. The first-order valence-electron chi connectivity index (χ1n) is 22.8. The maximum atomic E-state index is 8.99. The fourth-order valence-electron chi connectivity index (χ4n) is 7.46. The van der Waals surface area contributed by atoms with Crippen molar-refractivity contribution in [2.45, 2.75) is 103 Å². The Kier molecular flexibility index (Phi) is 26.1. The Morgan fingerprint density at radius 2 is 0.483 bits per heavy atom. The van der Waals surface area contributed by atoms with Gasteiger partial charge in [0.1, 0.15) is 0 Å². The zero-order chi connectivity index (χ0) is 42.3. The van der Waals surface area contributed by atoms with Crippen LogP contribution >= 0.6 is 0 Å². The molecule has 0 fully saturated rings. The summed E-state index contributed by atoms with van der Waals surface area (Å²) >= 11 is 0. The summed E-state index contributed by atoms with van der Waals surface area (Å²) in [5.41, 5.74) is 0. The van der Waals surface area contributed by atoms with Gasteiger partial charge in [-0.25, -0.2) is 0 Å². The van der Waals surface area contributed by atoms with Gasteiger partial charge in [0.25, 0.3) is 0 Å². The maximum absolute atomic E-state index is 8.99. The Morgan fingerprint density at radius 1 is 0.267 bits per heavy atom. The van der Waals surface area contributed by atoms with Gasteiger partial charge in [-0.2, -0.15) is 0 Å². The zero-order valence-corrected chi connectivity index (χ0v) is 36.1. The Labute approximate surface area is 357 Å². The van der Waals surface area contributed by atoms with Crippen molar-refractivity contribution in [2.24, 2.45) is 0 Å². The molecule has 0 aliphatic rings. The predicted molar refractivity (Wildman–Crippen MR) is 238 cm³/mol. The van der Waals surface area contributed by atoms with Crippen molar-refractivity contribution < 1.29 is 58.3 Å². The number of hydrogen-bond donors (Lipinski definition) is 4. The third kappa shape index (κ3) is 16.9. The highest BCUT2D eigenvalue weighted by Crippen LogP contribution is 2.53. The lowest BCUT2D eigenvalue weighted by molar-refractivity contribution is 0.0893. The highest BCUT2D eigenvalue weighted by atomic mass is 16.5. The van der Waals surface area contributed by atoms with Gasteiger partial charge in [-0.15, -0.1) is 0 Å². The van der Waals surface area contributed by atoms with Crippen molar-refractivity contribution >= 4 is 32.3 Å². The van der Waals surface area contributed by atoms with E-state index in [0.717, 1.165) is 158 Å². The summed E-state index contributed by atoms with van der Waals surface area (Å²) in [6.07, 6.45) is 15.5. The van der Waals surface area contributed by atoms with E-state index in [1.807, 2.05) is 0 Å². The van der Waals surface area contributed by atoms with Crippen molar-refractivity contribution in [3.63, 3.8) is 0 Å². The molecule has 0 aromatic heterocycles. The Balaban J connectivity index is 1.60. The van der Waals surface area contributed by atoms with Gasteiger partial charge in [0, 0.05) is 58.7 Å². The van der Waals surface area contributed by atoms with Gasteiger partial charge >= 0.3 is 0 Å².